The molecule has 3 rings (SSSR count). The summed E-state index contributed by atoms with van der Waals surface area (Å²) in [5.41, 5.74) is 1.59. The van der Waals surface area contributed by atoms with Crippen LogP contribution in [0.1, 0.15) is 34.5 Å². The van der Waals surface area contributed by atoms with Crippen LogP contribution in [0.5, 0.6) is 0 Å². The summed E-state index contributed by atoms with van der Waals surface area (Å²) in [5, 5.41) is 1.90. The zero-order valence-corrected chi connectivity index (χ0v) is 13.7. The minimum absolute atomic E-state index is 0.101. The van der Waals surface area contributed by atoms with Gasteiger partial charge in [0.15, 0.2) is 5.78 Å². The maximum absolute atomic E-state index is 12.8. The number of carbonyl (C=O) groups is 2. The summed E-state index contributed by atoms with van der Waals surface area (Å²) in [4.78, 5) is 25.9. The lowest BCUT2D eigenvalue weighted by Gasteiger charge is -2.21. The van der Waals surface area contributed by atoms with E-state index in [0.717, 1.165) is 10.4 Å². The summed E-state index contributed by atoms with van der Waals surface area (Å²) in [5.74, 6) is -0.687. The molecule has 0 spiro atoms. The summed E-state index contributed by atoms with van der Waals surface area (Å²) in [6, 6.07) is 13.5. The Morgan fingerprint density at radius 1 is 1.17 bits per heavy atom. The van der Waals surface area contributed by atoms with Gasteiger partial charge in [-0.25, -0.2) is 4.79 Å². The van der Waals surface area contributed by atoms with Gasteiger partial charge in [0.2, 0.25) is 0 Å². The van der Waals surface area contributed by atoms with Crippen molar-refractivity contribution in [1.82, 2.24) is 0 Å². The van der Waals surface area contributed by atoms with Gasteiger partial charge in [-0.3, -0.25) is 4.79 Å². The fraction of sp³-hybridized carbons (Fsp3) is 0.263. The summed E-state index contributed by atoms with van der Waals surface area (Å²) in [6.07, 6.45) is 2.44. The predicted molar refractivity (Wildman–Crippen MR) is 90.7 cm³/mol. The van der Waals surface area contributed by atoms with E-state index in [9.17, 15) is 9.59 Å². The van der Waals surface area contributed by atoms with E-state index >= 15 is 0 Å². The van der Waals surface area contributed by atoms with E-state index < -0.39 is 0 Å². The second kappa shape index (κ2) is 6.92. The number of ketones is 1. The number of hydrogen-bond acceptors (Lipinski definition) is 4. The molecule has 0 fully saturated rings. The quantitative estimate of drug-likeness (QED) is 0.610. The molecule has 0 saturated carbocycles. The normalized spacial score (nSPS) is 20.1. The topological polar surface area (TPSA) is 43.4 Å². The van der Waals surface area contributed by atoms with E-state index in [2.05, 4.69) is 0 Å². The number of thiophene rings is 1. The van der Waals surface area contributed by atoms with Gasteiger partial charge in [-0.1, -0.05) is 42.5 Å². The molecule has 1 aromatic carbocycles. The fourth-order valence-corrected chi connectivity index (χ4v) is 3.82. The van der Waals surface area contributed by atoms with Crippen LogP contribution in [0, 0.1) is 5.92 Å². The Bertz CT molecular complexity index is 716. The molecular weight excluding hydrogens is 308 g/mol. The summed E-state index contributed by atoms with van der Waals surface area (Å²) in [7, 11) is 0. The van der Waals surface area contributed by atoms with Crippen molar-refractivity contribution in [3.05, 3.63) is 69.9 Å². The lowest BCUT2D eigenvalue weighted by Crippen LogP contribution is -2.22. The van der Waals surface area contributed by atoms with Crippen molar-refractivity contribution in [2.75, 3.05) is 6.61 Å². The molecule has 4 heteroatoms. The Balaban J connectivity index is 1.95. The molecule has 2 aromatic rings. The lowest BCUT2D eigenvalue weighted by molar-refractivity contribution is -0.138. The average Bonchev–Trinajstić information content (AvgIpc) is 3.25. The van der Waals surface area contributed by atoms with E-state index in [4.69, 9.17) is 4.74 Å². The molecule has 1 heterocycles. The first kappa shape index (κ1) is 15.7. The van der Waals surface area contributed by atoms with Crippen LogP contribution in [-0.4, -0.2) is 18.4 Å². The Labute approximate surface area is 139 Å². The Hall–Kier alpha value is -2.20. The second-order valence-corrected chi connectivity index (χ2v) is 6.40. The molecule has 23 heavy (non-hydrogen) atoms. The lowest BCUT2D eigenvalue weighted by atomic mass is 9.82. The van der Waals surface area contributed by atoms with Gasteiger partial charge in [0.05, 0.1) is 11.5 Å². The molecule has 118 valence electrons. The third-order valence-electron chi connectivity index (χ3n) is 4.10. The number of esters is 1. The standard InChI is InChI=1S/C19H18O3S/c1-2-22-19(21)15-11-10-14(18(20)16-9-6-12-23-16)17(15)13-7-4-3-5-8-13/h3-9,11-12,14,17H,2,10H2,1H3. The third-order valence-corrected chi connectivity index (χ3v) is 4.98. The van der Waals surface area contributed by atoms with Crippen molar-refractivity contribution in [1.29, 1.82) is 0 Å². The van der Waals surface area contributed by atoms with Crippen molar-refractivity contribution in [2.24, 2.45) is 5.92 Å². The third kappa shape index (κ3) is 3.13. The maximum Gasteiger partial charge on any atom is 0.334 e. The van der Waals surface area contributed by atoms with Gasteiger partial charge >= 0.3 is 5.97 Å². The van der Waals surface area contributed by atoms with Crippen molar-refractivity contribution in [3.8, 4) is 0 Å². The molecule has 0 radical (unpaired) electrons. The van der Waals surface area contributed by atoms with Gasteiger partial charge in [0.1, 0.15) is 0 Å². The summed E-state index contributed by atoms with van der Waals surface area (Å²) in [6.45, 7) is 2.13. The van der Waals surface area contributed by atoms with E-state index in [1.165, 1.54) is 11.3 Å². The highest BCUT2D eigenvalue weighted by atomic mass is 32.1. The van der Waals surface area contributed by atoms with Crippen molar-refractivity contribution >= 4 is 23.1 Å². The van der Waals surface area contributed by atoms with Crippen LogP contribution in [0.4, 0.5) is 0 Å². The summed E-state index contributed by atoms with van der Waals surface area (Å²) < 4.78 is 5.18. The molecule has 3 nitrogen and oxygen atoms in total. The molecule has 0 bridgehead atoms. The number of carbonyl (C=O) groups excluding carboxylic acids is 2. The Morgan fingerprint density at radius 2 is 1.96 bits per heavy atom. The van der Waals surface area contributed by atoms with Crippen LogP contribution in [0.15, 0.2) is 59.5 Å². The molecular formula is C19H18O3S. The summed E-state index contributed by atoms with van der Waals surface area (Å²) >= 11 is 1.45. The zero-order valence-electron chi connectivity index (χ0n) is 12.9. The highest BCUT2D eigenvalue weighted by Crippen LogP contribution is 2.42. The second-order valence-electron chi connectivity index (χ2n) is 5.45. The molecule has 1 aliphatic carbocycles. The minimum Gasteiger partial charge on any atom is -0.463 e. The van der Waals surface area contributed by atoms with Crippen molar-refractivity contribution in [2.45, 2.75) is 19.3 Å². The Morgan fingerprint density at radius 3 is 2.61 bits per heavy atom. The van der Waals surface area contributed by atoms with Gasteiger partial charge in [0.25, 0.3) is 0 Å². The number of Topliss-reactive ketones (excluding diaryl/α,β-unsaturated/α-hetero) is 1. The molecule has 0 aliphatic heterocycles. The van der Waals surface area contributed by atoms with Crippen LogP contribution in [-0.2, 0) is 9.53 Å². The number of ether oxygens (including phenoxy) is 1. The first-order valence-corrected chi connectivity index (χ1v) is 8.60. The van der Waals surface area contributed by atoms with E-state index in [0.29, 0.717) is 18.6 Å². The number of benzene rings is 1. The van der Waals surface area contributed by atoms with Crippen LogP contribution in [0.2, 0.25) is 0 Å². The smallest absolute Gasteiger partial charge is 0.334 e. The van der Waals surface area contributed by atoms with Crippen LogP contribution in [0.3, 0.4) is 0 Å². The SMILES string of the molecule is CCOC(=O)C1=CCC(C(=O)c2cccs2)C1c1ccccc1. The largest absolute Gasteiger partial charge is 0.463 e. The first-order chi connectivity index (χ1) is 11.2. The fourth-order valence-electron chi connectivity index (χ4n) is 3.09. The van der Waals surface area contributed by atoms with Crippen LogP contribution < -0.4 is 0 Å². The van der Waals surface area contributed by atoms with Gasteiger partial charge in [0, 0.05) is 17.4 Å². The molecule has 0 amide bonds. The van der Waals surface area contributed by atoms with E-state index in [-0.39, 0.29) is 23.6 Å². The van der Waals surface area contributed by atoms with Gasteiger partial charge < -0.3 is 4.74 Å². The molecule has 2 unspecified atom stereocenters. The molecule has 0 saturated heterocycles. The van der Waals surface area contributed by atoms with E-state index in [1.807, 2.05) is 53.9 Å². The van der Waals surface area contributed by atoms with Crippen molar-refractivity contribution < 1.29 is 14.3 Å². The first-order valence-electron chi connectivity index (χ1n) is 7.72. The van der Waals surface area contributed by atoms with Crippen LogP contribution >= 0.6 is 11.3 Å². The van der Waals surface area contributed by atoms with Gasteiger partial charge in [-0.2, -0.15) is 0 Å². The molecule has 1 aliphatic rings. The average molecular weight is 326 g/mol. The molecule has 0 N–H and O–H groups in total. The van der Waals surface area contributed by atoms with Gasteiger partial charge in [-0.15, -0.1) is 11.3 Å². The minimum atomic E-state index is -0.317. The van der Waals surface area contributed by atoms with Crippen LogP contribution in [0.25, 0.3) is 0 Å². The Kier molecular flexibility index (Phi) is 4.72. The maximum atomic E-state index is 12.8. The zero-order chi connectivity index (χ0) is 16.2. The molecule has 2 atom stereocenters. The highest BCUT2D eigenvalue weighted by molar-refractivity contribution is 7.12. The number of allylic oxidation sites excluding steroid dienone is 1. The van der Waals surface area contributed by atoms with E-state index in [1.54, 1.807) is 6.92 Å². The van der Waals surface area contributed by atoms with Gasteiger partial charge in [-0.05, 0) is 30.4 Å². The number of hydrogen-bond donors (Lipinski definition) is 0. The predicted octanol–water partition coefficient (Wildman–Crippen LogP) is 4.22. The highest BCUT2D eigenvalue weighted by Gasteiger charge is 2.39. The number of rotatable bonds is 5. The monoisotopic (exact) mass is 326 g/mol. The molecule has 1 aromatic heterocycles. The van der Waals surface area contributed by atoms with Crippen molar-refractivity contribution in [3.63, 3.8) is 0 Å².